The van der Waals surface area contributed by atoms with Crippen molar-refractivity contribution in [1.82, 2.24) is 5.43 Å². The van der Waals surface area contributed by atoms with Crippen molar-refractivity contribution in [1.29, 1.82) is 0 Å². The standard InChI is InChI=1S/C11H20N2S/c1-4-8(3)11(13-12)10-7-6-9(5-2)14-10/h6-8,11,13H,4-5,12H2,1-3H3. The number of nitrogens with one attached hydrogen (secondary N) is 1. The highest BCUT2D eigenvalue weighted by atomic mass is 32.1. The lowest BCUT2D eigenvalue weighted by Crippen LogP contribution is -2.31. The topological polar surface area (TPSA) is 38.0 Å². The molecule has 1 aromatic heterocycles. The number of hydrazine groups is 1. The summed E-state index contributed by atoms with van der Waals surface area (Å²) < 4.78 is 0. The molecular weight excluding hydrogens is 192 g/mol. The number of rotatable bonds is 5. The van der Waals surface area contributed by atoms with Gasteiger partial charge in [-0.1, -0.05) is 27.2 Å². The third-order valence-electron chi connectivity index (χ3n) is 2.73. The van der Waals surface area contributed by atoms with E-state index < -0.39 is 0 Å². The second-order valence-electron chi connectivity index (χ2n) is 3.69. The molecule has 0 aromatic carbocycles. The normalized spacial score (nSPS) is 15.4. The van der Waals surface area contributed by atoms with Crippen LogP contribution in [0.25, 0.3) is 0 Å². The fourth-order valence-electron chi connectivity index (χ4n) is 1.51. The molecule has 80 valence electrons. The molecule has 0 bridgehead atoms. The predicted molar refractivity (Wildman–Crippen MR) is 63.2 cm³/mol. The molecule has 0 spiro atoms. The maximum absolute atomic E-state index is 5.59. The Morgan fingerprint density at radius 1 is 1.43 bits per heavy atom. The van der Waals surface area contributed by atoms with Crippen molar-refractivity contribution in [3.8, 4) is 0 Å². The predicted octanol–water partition coefficient (Wildman–Crippen LogP) is 2.86. The van der Waals surface area contributed by atoms with E-state index in [1.807, 2.05) is 11.3 Å². The lowest BCUT2D eigenvalue weighted by molar-refractivity contribution is 0.388. The molecule has 2 unspecified atom stereocenters. The van der Waals surface area contributed by atoms with Gasteiger partial charge in [0.2, 0.25) is 0 Å². The van der Waals surface area contributed by atoms with Crippen LogP contribution < -0.4 is 11.3 Å². The molecule has 0 fully saturated rings. The first-order valence-corrected chi connectivity index (χ1v) is 6.09. The van der Waals surface area contributed by atoms with E-state index >= 15 is 0 Å². The Morgan fingerprint density at radius 3 is 2.57 bits per heavy atom. The monoisotopic (exact) mass is 212 g/mol. The highest BCUT2D eigenvalue weighted by molar-refractivity contribution is 7.12. The van der Waals surface area contributed by atoms with Gasteiger partial charge in [-0.05, 0) is 24.5 Å². The summed E-state index contributed by atoms with van der Waals surface area (Å²) in [5.41, 5.74) is 2.92. The Balaban J connectivity index is 2.78. The minimum atomic E-state index is 0.310. The van der Waals surface area contributed by atoms with Gasteiger partial charge in [-0.2, -0.15) is 0 Å². The van der Waals surface area contributed by atoms with Gasteiger partial charge in [0.15, 0.2) is 0 Å². The first kappa shape index (κ1) is 11.7. The first-order chi connectivity index (χ1) is 6.72. The van der Waals surface area contributed by atoms with Crippen LogP contribution in [0.5, 0.6) is 0 Å². The number of thiophene rings is 1. The second kappa shape index (κ2) is 5.49. The van der Waals surface area contributed by atoms with E-state index in [0.29, 0.717) is 12.0 Å². The van der Waals surface area contributed by atoms with Crippen LogP contribution in [-0.2, 0) is 6.42 Å². The van der Waals surface area contributed by atoms with Gasteiger partial charge in [0.25, 0.3) is 0 Å². The van der Waals surface area contributed by atoms with Crippen molar-refractivity contribution in [2.75, 3.05) is 0 Å². The zero-order valence-electron chi connectivity index (χ0n) is 9.21. The lowest BCUT2D eigenvalue weighted by Gasteiger charge is -2.20. The van der Waals surface area contributed by atoms with Crippen molar-refractivity contribution in [3.05, 3.63) is 21.9 Å². The third kappa shape index (κ3) is 2.56. The van der Waals surface area contributed by atoms with E-state index in [2.05, 4.69) is 38.3 Å². The number of aryl methyl sites for hydroxylation is 1. The summed E-state index contributed by atoms with van der Waals surface area (Å²) in [5, 5.41) is 0. The summed E-state index contributed by atoms with van der Waals surface area (Å²) in [7, 11) is 0. The molecule has 0 radical (unpaired) electrons. The maximum atomic E-state index is 5.59. The second-order valence-corrected chi connectivity index (χ2v) is 4.89. The minimum absolute atomic E-state index is 0.310. The van der Waals surface area contributed by atoms with Crippen LogP contribution in [0.15, 0.2) is 12.1 Å². The summed E-state index contributed by atoms with van der Waals surface area (Å²) in [6.07, 6.45) is 2.26. The molecule has 3 heteroatoms. The molecule has 0 aliphatic carbocycles. The molecule has 0 aliphatic rings. The molecule has 1 heterocycles. The van der Waals surface area contributed by atoms with Crippen molar-refractivity contribution in [2.45, 2.75) is 39.7 Å². The minimum Gasteiger partial charge on any atom is -0.271 e. The van der Waals surface area contributed by atoms with Gasteiger partial charge < -0.3 is 0 Å². The Morgan fingerprint density at radius 2 is 2.14 bits per heavy atom. The molecule has 1 aromatic rings. The van der Waals surface area contributed by atoms with Crippen LogP contribution in [0.4, 0.5) is 0 Å². The SMILES string of the molecule is CCc1ccc(C(NN)C(C)CC)s1. The molecule has 14 heavy (non-hydrogen) atoms. The lowest BCUT2D eigenvalue weighted by atomic mass is 9.98. The number of hydrogen-bond acceptors (Lipinski definition) is 3. The summed E-state index contributed by atoms with van der Waals surface area (Å²) in [6, 6.07) is 4.71. The van der Waals surface area contributed by atoms with Crippen molar-refractivity contribution < 1.29 is 0 Å². The van der Waals surface area contributed by atoms with E-state index in [9.17, 15) is 0 Å². The molecule has 0 aliphatic heterocycles. The zero-order chi connectivity index (χ0) is 10.6. The Hall–Kier alpha value is -0.380. The van der Waals surface area contributed by atoms with Crippen molar-refractivity contribution in [2.24, 2.45) is 11.8 Å². The third-order valence-corrected chi connectivity index (χ3v) is 4.04. The summed E-state index contributed by atoms with van der Waals surface area (Å²) in [6.45, 7) is 6.61. The molecule has 0 saturated carbocycles. The van der Waals surface area contributed by atoms with Crippen molar-refractivity contribution in [3.63, 3.8) is 0 Å². The fraction of sp³-hybridized carbons (Fsp3) is 0.636. The fourth-order valence-corrected chi connectivity index (χ4v) is 2.66. The van der Waals surface area contributed by atoms with Gasteiger partial charge in [-0.25, -0.2) is 0 Å². The summed E-state index contributed by atoms with van der Waals surface area (Å²) >= 11 is 1.87. The average Bonchev–Trinajstić information content (AvgIpc) is 2.67. The van der Waals surface area contributed by atoms with Crippen LogP contribution in [0.3, 0.4) is 0 Å². The van der Waals surface area contributed by atoms with Gasteiger partial charge in [-0.15, -0.1) is 11.3 Å². The molecule has 0 amide bonds. The Labute approximate surface area is 90.5 Å². The van der Waals surface area contributed by atoms with Crippen LogP contribution in [-0.4, -0.2) is 0 Å². The molecular formula is C11H20N2S. The first-order valence-electron chi connectivity index (χ1n) is 5.27. The van der Waals surface area contributed by atoms with Gasteiger partial charge in [0, 0.05) is 9.75 Å². The van der Waals surface area contributed by atoms with E-state index in [-0.39, 0.29) is 0 Å². The van der Waals surface area contributed by atoms with Crippen LogP contribution in [0.2, 0.25) is 0 Å². The van der Waals surface area contributed by atoms with Crippen LogP contribution >= 0.6 is 11.3 Å². The molecule has 0 saturated heterocycles. The highest BCUT2D eigenvalue weighted by Crippen LogP contribution is 2.29. The van der Waals surface area contributed by atoms with E-state index in [0.717, 1.165) is 12.8 Å². The van der Waals surface area contributed by atoms with E-state index in [4.69, 9.17) is 5.84 Å². The highest BCUT2D eigenvalue weighted by Gasteiger charge is 2.17. The zero-order valence-corrected chi connectivity index (χ0v) is 10.0. The van der Waals surface area contributed by atoms with Crippen molar-refractivity contribution >= 4 is 11.3 Å². The quantitative estimate of drug-likeness (QED) is 0.582. The maximum Gasteiger partial charge on any atom is 0.0578 e. The van der Waals surface area contributed by atoms with Crippen LogP contribution in [0.1, 0.15) is 43.0 Å². The Bertz CT molecular complexity index is 270. The van der Waals surface area contributed by atoms with Gasteiger partial charge in [0.05, 0.1) is 6.04 Å². The van der Waals surface area contributed by atoms with Gasteiger partial charge in [0.1, 0.15) is 0 Å². The number of nitrogens with two attached hydrogens (primary N) is 1. The summed E-state index contributed by atoms with van der Waals surface area (Å²) in [4.78, 5) is 2.79. The van der Waals surface area contributed by atoms with Gasteiger partial charge >= 0.3 is 0 Å². The number of hydrogen-bond donors (Lipinski definition) is 2. The Kier molecular flexibility index (Phi) is 4.58. The molecule has 1 rings (SSSR count). The molecule has 2 nitrogen and oxygen atoms in total. The smallest absolute Gasteiger partial charge is 0.0578 e. The van der Waals surface area contributed by atoms with E-state index in [1.54, 1.807) is 0 Å². The molecule has 2 atom stereocenters. The largest absolute Gasteiger partial charge is 0.271 e. The van der Waals surface area contributed by atoms with E-state index in [1.165, 1.54) is 9.75 Å². The average molecular weight is 212 g/mol. The molecule has 3 N–H and O–H groups in total. The summed E-state index contributed by atoms with van der Waals surface area (Å²) in [5.74, 6) is 6.18. The van der Waals surface area contributed by atoms with Gasteiger partial charge in [-0.3, -0.25) is 11.3 Å². The van der Waals surface area contributed by atoms with Crippen LogP contribution in [0, 0.1) is 5.92 Å².